The fraction of sp³-hybridized carbons (Fsp3) is 0.217. The molecule has 0 saturated carbocycles. The Hall–Kier alpha value is -3.74. The number of hydrogen-bond acceptors (Lipinski definition) is 7. The third-order valence-electron chi connectivity index (χ3n) is 4.41. The summed E-state index contributed by atoms with van der Waals surface area (Å²) in [7, 11) is 0. The number of nitrogens with one attached hydrogen (secondary N) is 1. The number of carbonyl (C=O) groups is 1. The van der Waals surface area contributed by atoms with Crippen molar-refractivity contribution in [3.63, 3.8) is 0 Å². The number of anilines is 1. The fourth-order valence-electron chi connectivity index (χ4n) is 2.91. The molecule has 3 aromatic rings. The predicted octanol–water partition coefficient (Wildman–Crippen LogP) is 3.81. The zero-order chi connectivity index (χ0) is 21.2. The van der Waals surface area contributed by atoms with Crippen LogP contribution in [0, 0.1) is 0 Å². The summed E-state index contributed by atoms with van der Waals surface area (Å²) in [6, 6.07) is 18.8. The Labute approximate surface area is 175 Å². The van der Waals surface area contributed by atoms with Crippen molar-refractivity contribution in [2.75, 3.05) is 11.9 Å². The molecule has 0 aliphatic rings. The van der Waals surface area contributed by atoms with Crippen LogP contribution < -0.4 is 5.32 Å². The maximum absolute atomic E-state index is 11.6. The SMILES string of the molecule is CCOC(=O)CCc1cccc(C(=NO)c2ccc(CNc3ccccn3)cc2)n1. The molecule has 0 aliphatic heterocycles. The molecular formula is C23H24N4O3. The highest BCUT2D eigenvalue weighted by molar-refractivity contribution is 6.11. The van der Waals surface area contributed by atoms with Crippen molar-refractivity contribution in [2.24, 2.45) is 5.16 Å². The average Bonchev–Trinajstić information content (AvgIpc) is 2.79. The van der Waals surface area contributed by atoms with Gasteiger partial charge in [0.2, 0.25) is 0 Å². The molecule has 7 nitrogen and oxygen atoms in total. The molecule has 2 heterocycles. The van der Waals surface area contributed by atoms with Gasteiger partial charge >= 0.3 is 5.97 Å². The summed E-state index contributed by atoms with van der Waals surface area (Å²) in [6.07, 6.45) is 2.46. The highest BCUT2D eigenvalue weighted by atomic mass is 16.5. The van der Waals surface area contributed by atoms with E-state index in [1.165, 1.54) is 0 Å². The molecule has 0 unspecified atom stereocenters. The van der Waals surface area contributed by atoms with E-state index in [2.05, 4.69) is 20.4 Å². The molecule has 3 rings (SSSR count). The van der Waals surface area contributed by atoms with E-state index in [0.29, 0.717) is 31.0 Å². The Balaban J connectivity index is 1.67. The lowest BCUT2D eigenvalue weighted by Crippen LogP contribution is -2.10. The van der Waals surface area contributed by atoms with Crippen molar-refractivity contribution in [3.8, 4) is 0 Å². The van der Waals surface area contributed by atoms with Crippen molar-refractivity contribution in [1.29, 1.82) is 0 Å². The molecular weight excluding hydrogens is 380 g/mol. The molecule has 0 atom stereocenters. The van der Waals surface area contributed by atoms with E-state index in [1.54, 1.807) is 19.2 Å². The number of pyridine rings is 2. The first-order valence-corrected chi connectivity index (χ1v) is 9.77. The summed E-state index contributed by atoms with van der Waals surface area (Å²) in [4.78, 5) is 20.3. The van der Waals surface area contributed by atoms with E-state index in [-0.39, 0.29) is 12.4 Å². The molecule has 2 N–H and O–H groups in total. The van der Waals surface area contributed by atoms with Gasteiger partial charge < -0.3 is 15.3 Å². The van der Waals surface area contributed by atoms with Crippen LogP contribution >= 0.6 is 0 Å². The summed E-state index contributed by atoms with van der Waals surface area (Å²) in [5.74, 6) is 0.554. The molecule has 0 amide bonds. The van der Waals surface area contributed by atoms with Gasteiger partial charge in [-0.15, -0.1) is 0 Å². The van der Waals surface area contributed by atoms with Crippen molar-refractivity contribution >= 4 is 17.5 Å². The highest BCUT2D eigenvalue weighted by Gasteiger charge is 2.11. The molecule has 7 heteroatoms. The first-order valence-electron chi connectivity index (χ1n) is 9.77. The average molecular weight is 404 g/mol. The van der Waals surface area contributed by atoms with Crippen LogP contribution in [-0.4, -0.2) is 33.5 Å². The normalized spacial score (nSPS) is 11.2. The van der Waals surface area contributed by atoms with Gasteiger partial charge in [0.15, 0.2) is 0 Å². The molecule has 0 radical (unpaired) electrons. The fourth-order valence-corrected chi connectivity index (χ4v) is 2.91. The van der Waals surface area contributed by atoms with Crippen LogP contribution in [0.15, 0.2) is 72.0 Å². The van der Waals surface area contributed by atoms with Crippen LogP contribution in [-0.2, 0) is 22.5 Å². The summed E-state index contributed by atoms with van der Waals surface area (Å²) in [5, 5.41) is 16.3. The number of oxime groups is 1. The summed E-state index contributed by atoms with van der Waals surface area (Å²) in [5.41, 5.74) is 3.46. The molecule has 0 saturated heterocycles. The van der Waals surface area contributed by atoms with Gasteiger partial charge in [0.1, 0.15) is 11.5 Å². The van der Waals surface area contributed by atoms with Gasteiger partial charge in [-0.1, -0.05) is 41.6 Å². The van der Waals surface area contributed by atoms with Crippen LogP contribution in [0.3, 0.4) is 0 Å². The molecule has 30 heavy (non-hydrogen) atoms. The van der Waals surface area contributed by atoms with E-state index < -0.39 is 0 Å². The van der Waals surface area contributed by atoms with Crippen LogP contribution in [0.5, 0.6) is 0 Å². The van der Waals surface area contributed by atoms with Crippen molar-refractivity contribution in [3.05, 3.63) is 89.4 Å². The molecule has 0 spiro atoms. The van der Waals surface area contributed by atoms with Gasteiger partial charge in [-0.3, -0.25) is 9.78 Å². The number of benzene rings is 1. The number of hydrogen-bond donors (Lipinski definition) is 2. The van der Waals surface area contributed by atoms with Crippen LogP contribution in [0.2, 0.25) is 0 Å². The minimum atomic E-state index is -0.254. The Morgan fingerprint density at radius 2 is 1.93 bits per heavy atom. The molecule has 0 bridgehead atoms. The van der Waals surface area contributed by atoms with E-state index >= 15 is 0 Å². The molecule has 0 aliphatic carbocycles. The molecule has 0 fully saturated rings. The number of carbonyl (C=O) groups excluding carboxylic acids is 1. The van der Waals surface area contributed by atoms with Gasteiger partial charge in [-0.05, 0) is 36.8 Å². The Bertz CT molecular complexity index is 989. The molecule has 154 valence electrons. The Morgan fingerprint density at radius 1 is 1.10 bits per heavy atom. The number of esters is 1. The van der Waals surface area contributed by atoms with E-state index in [4.69, 9.17) is 4.74 Å². The number of rotatable bonds is 9. The summed E-state index contributed by atoms with van der Waals surface area (Å²) >= 11 is 0. The van der Waals surface area contributed by atoms with Crippen molar-refractivity contribution < 1.29 is 14.7 Å². The smallest absolute Gasteiger partial charge is 0.306 e. The monoisotopic (exact) mass is 404 g/mol. The first kappa shape index (κ1) is 21.0. The zero-order valence-electron chi connectivity index (χ0n) is 16.8. The quantitative estimate of drug-likeness (QED) is 0.244. The summed E-state index contributed by atoms with van der Waals surface area (Å²) in [6.45, 7) is 2.77. The standard InChI is InChI=1S/C23H24N4O3/c1-2-30-22(28)14-13-19-6-5-7-20(26-19)23(27-29)18-11-9-17(10-12-18)16-25-21-8-3-4-15-24-21/h3-12,15,29H,2,13-14,16H2,1H3,(H,24,25). The number of aromatic nitrogens is 2. The zero-order valence-corrected chi connectivity index (χ0v) is 16.8. The van der Waals surface area contributed by atoms with Crippen molar-refractivity contribution in [2.45, 2.75) is 26.3 Å². The maximum atomic E-state index is 11.6. The summed E-state index contributed by atoms with van der Waals surface area (Å²) < 4.78 is 4.95. The number of ether oxygens (including phenoxy) is 1. The highest BCUT2D eigenvalue weighted by Crippen LogP contribution is 2.13. The maximum Gasteiger partial charge on any atom is 0.306 e. The first-order chi connectivity index (χ1) is 14.7. The number of aryl methyl sites for hydroxylation is 1. The van der Waals surface area contributed by atoms with Gasteiger partial charge in [0.25, 0.3) is 0 Å². The molecule has 2 aromatic heterocycles. The second-order valence-corrected chi connectivity index (χ2v) is 6.53. The lowest BCUT2D eigenvalue weighted by atomic mass is 10.0. The number of nitrogens with zero attached hydrogens (tertiary/aromatic N) is 3. The van der Waals surface area contributed by atoms with E-state index in [9.17, 15) is 10.0 Å². The minimum absolute atomic E-state index is 0.254. The van der Waals surface area contributed by atoms with E-state index in [0.717, 1.165) is 22.6 Å². The van der Waals surface area contributed by atoms with Gasteiger partial charge in [0.05, 0.1) is 18.7 Å². The van der Waals surface area contributed by atoms with Crippen LogP contribution in [0.4, 0.5) is 5.82 Å². The Morgan fingerprint density at radius 3 is 2.63 bits per heavy atom. The Kier molecular flexibility index (Phi) is 7.49. The lowest BCUT2D eigenvalue weighted by molar-refractivity contribution is -0.143. The second-order valence-electron chi connectivity index (χ2n) is 6.53. The predicted molar refractivity (Wildman–Crippen MR) is 115 cm³/mol. The van der Waals surface area contributed by atoms with Gasteiger partial charge in [0, 0.05) is 30.4 Å². The second kappa shape index (κ2) is 10.7. The third-order valence-corrected chi connectivity index (χ3v) is 4.41. The topological polar surface area (TPSA) is 96.7 Å². The van der Waals surface area contributed by atoms with Crippen LogP contribution in [0.25, 0.3) is 0 Å². The minimum Gasteiger partial charge on any atom is -0.466 e. The lowest BCUT2D eigenvalue weighted by Gasteiger charge is -2.09. The van der Waals surface area contributed by atoms with Crippen molar-refractivity contribution in [1.82, 2.24) is 9.97 Å². The third kappa shape index (κ3) is 5.88. The van der Waals surface area contributed by atoms with Gasteiger partial charge in [-0.25, -0.2) is 4.98 Å². The van der Waals surface area contributed by atoms with Gasteiger partial charge in [-0.2, -0.15) is 0 Å². The largest absolute Gasteiger partial charge is 0.466 e. The van der Waals surface area contributed by atoms with E-state index in [1.807, 2.05) is 54.6 Å². The molecule has 1 aromatic carbocycles. The van der Waals surface area contributed by atoms with Crippen LogP contribution in [0.1, 0.15) is 35.9 Å².